The highest BCUT2D eigenvalue weighted by atomic mass is 127. The number of alkyl halides is 2. The quantitative estimate of drug-likeness (QED) is 0.0455. The molecule has 1 amide bonds. The molecule has 0 radical (unpaired) electrons. The van der Waals surface area contributed by atoms with E-state index in [-0.39, 0.29) is 35.1 Å². The zero-order chi connectivity index (χ0) is 42.0. The van der Waals surface area contributed by atoms with Gasteiger partial charge in [0, 0.05) is 17.4 Å². The van der Waals surface area contributed by atoms with Crippen LogP contribution in [0.15, 0.2) is 85.2 Å². The van der Waals surface area contributed by atoms with Crippen molar-refractivity contribution in [1.82, 2.24) is 19.5 Å². The van der Waals surface area contributed by atoms with Crippen LogP contribution in [0.4, 0.5) is 16.2 Å². The number of halogens is 2. The monoisotopic (exact) mass is 924 g/mol. The van der Waals surface area contributed by atoms with Crippen LogP contribution < -0.4 is 20.1 Å². The Balaban J connectivity index is 1.52. The van der Waals surface area contributed by atoms with E-state index in [1.807, 2.05) is 78.9 Å². The molecule has 0 saturated carbocycles. The van der Waals surface area contributed by atoms with Crippen molar-refractivity contribution in [2.75, 3.05) is 42.9 Å². The number of benzene rings is 3. The lowest BCUT2D eigenvalue weighted by Gasteiger charge is -2.44. The Labute approximate surface area is 354 Å². The molecule has 1 saturated heterocycles. The highest BCUT2D eigenvalue weighted by Gasteiger charge is 2.60. The smallest absolute Gasteiger partial charge is 0.233 e. The van der Waals surface area contributed by atoms with Crippen molar-refractivity contribution >= 4 is 59.7 Å². The number of methoxy groups -OCH3 is 2. The number of amides is 1. The van der Waals surface area contributed by atoms with E-state index in [2.05, 4.69) is 82.0 Å². The summed E-state index contributed by atoms with van der Waals surface area (Å²) in [5, 5.41) is 5.57. The standard InChI is InChI=1S/C43H54FIN6O6Si/c1-27(2)38(52)50-40-48-36(46-6)34-37(49-40)51(26-47-34)39-33(44)35(57-58(9,10)41(3,4)5)42(24-45,56-39)25-55-43(28-14-12-11-13-15-28,29-16-20-31(53-7)21-17-29)30-18-22-32(54-8)23-19-30/h11-23,26-27,33,35,39H,24-25H2,1-10H3,(H2,46,48,49,50,52)/t33-,35-,39+,42?/m0/s1. The molecule has 4 atom stereocenters. The topological polar surface area (TPSA) is 131 Å². The van der Waals surface area contributed by atoms with E-state index in [0.717, 1.165) is 16.7 Å². The summed E-state index contributed by atoms with van der Waals surface area (Å²) >= 11 is 2.26. The van der Waals surface area contributed by atoms with Crippen molar-refractivity contribution in [3.63, 3.8) is 0 Å². The Hall–Kier alpha value is -4.16. The lowest BCUT2D eigenvalue weighted by atomic mass is 9.79. The van der Waals surface area contributed by atoms with Crippen LogP contribution in [0, 0.1) is 5.92 Å². The Bertz CT molecular complexity index is 2140. The summed E-state index contributed by atoms with van der Waals surface area (Å²) in [6.45, 7) is 14.1. The Morgan fingerprint density at radius 3 is 2.02 bits per heavy atom. The Kier molecular flexibility index (Phi) is 12.9. The van der Waals surface area contributed by atoms with Gasteiger partial charge in [-0.3, -0.25) is 14.7 Å². The molecule has 1 aliphatic heterocycles. The third-order valence-electron chi connectivity index (χ3n) is 11.3. The predicted octanol–water partition coefficient (Wildman–Crippen LogP) is 8.92. The van der Waals surface area contributed by atoms with Gasteiger partial charge in [-0.25, -0.2) is 9.37 Å². The molecule has 15 heteroatoms. The van der Waals surface area contributed by atoms with E-state index in [1.165, 1.54) is 6.33 Å². The number of hydrogen-bond acceptors (Lipinski definition) is 10. The fourth-order valence-corrected chi connectivity index (χ4v) is 9.01. The van der Waals surface area contributed by atoms with Gasteiger partial charge in [-0.1, -0.05) is 112 Å². The van der Waals surface area contributed by atoms with Gasteiger partial charge < -0.3 is 28.7 Å². The number of nitrogens with one attached hydrogen (secondary N) is 2. The molecular weight excluding hydrogens is 870 g/mol. The average molecular weight is 925 g/mol. The highest BCUT2D eigenvalue weighted by Crippen LogP contribution is 2.50. The van der Waals surface area contributed by atoms with E-state index in [4.69, 9.17) is 23.4 Å². The summed E-state index contributed by atoms with van der Waals surface area (Å²) in [5.41, 5.74) is 0.681. The summed E-state index contributed by atoms with van der Waals surface area (Å²) in [7, 11) is 2.32. The average Bonchev–Trinajstić information content (AvgIpc) is 3.76. The summed E-state index contributed by atoms with van der Waals surface area (Å²) < 4.78 is 52.4. The summed E-state index contributed by atoms with van der Waals surface area (Å²) in [6, 6.07) is 25.5. The van der Waals surface area contributed by atoms with Gasteiger partial charge in [-0.15, -0.1) is 0 Å². The second-order valence-electron chi connectivity index (χ2n) is 16.4. The lowest BCUT2D eigenvalue weighted by Crippen LogP contribution is -2.56. The number of carbonyl (C=O) groups excluding carboxylic acids is 1. The van der Waals surface area contributed by atoms with Crippen LogP contribution in [-0.4, -0.2) is 83.9 Å². The maximum Gasteiger partial charge on any atom is 0.233 e. The fourth-order valence-electron chi connectivity index (χ4n) is 6.84. The number of nitrogens with zero attached hydrogens (tertiary/aromatic N) is 4. The molecule has 1 unspecified atom stereocenters. The number of rotatable bonds is 15. The second kappa shape index (κ2) is 17.2. The van der Waals surface area contributed by atoms with Crippen LogP contribution >= 0.6 is 22.6 Å². The van der Waals surface area contributed by atoms with Crippen LogP contribution in [-0.2, 0) is 24.3 Å². The molecule has 2 N–H and O–H groups in total. The molecule has 12 nitrogen and oxygen atoms in total. The van der Waals surface area contributed by atoms with Gasteiger partial charge in [0.15, 0.2) is 37.7 Å². The van der Waals surface area contributed by atoms with E-state index >= 15 is 4.39 Å². The van der Waals surface area contributed by atoms with Gasteiger partial charge in [-0.2, -0.15) is 9.97 Å². The normalized spacial score (nSPS) is 20.1. The third-order valence-corrected chi connectivity index (χ3v) is 17.0. The minimum absolute atomic E-state index is 0.0647. The van der Waals surface area contributed by atoms with Crippen LogP contribution in [0.3, 0.4) is 0 Å². The Morgan fingerprint density at radius 2 is 1.52 bits per heavy atom. The molecule has 0 bridgehead atoms. The highest BCUT2D eigenvalue weighted by molar-refractivity contribution is 14.1. The first-order valence-corrected chi connectivity index (χ1v) is 23.7. The number of ether oxygens (including phenoxy) is 4. The molecule has 58 heavy (non-hydrogen) atoms. The zero-order valence-electron chi connectivity index (χ0n) is 34.8. The molecule has 5 aromatic rings. The van der Waals surface area contributed by atoms with Gasteiger partial charge in [0.05, 0.1) is 27.2 Å². The van der Waals surface area contributed by atoms with Gasteiger partial charge in [0.1, 0.15) is 28.8 Å². The zero-order valence-corrected chi connectivity index (χ0v) is 38.0. The SMILES string of the molecule is CNc1nc(NC(=O)C(C)C)nc2c1ncn2[C@@H]1OC(CI)(COC(c2ccccc2)(c2ccc(OC)cc2)c2ccc(OC)cc2)[C@@H](O[Si](C)(C)C(C)(C)C)[C@@H]1F. The van der Waals surface area contributed by atoms with Crippen molar-refractivity contribution in [1.29, 1.82) is 0 Å². The number of aromatic nitrogens is 4. The van der Waals surface area contributed by atoms with Gasteiger partial charge in [0.2, 0.25) is 11.9 Å². The minimum atomic E-state index is -2.64. The molecular formula is C43H54FIN6O6Si. The van der Waals surface area contributed by atoms with Crippen molar-refractivity contribution < 1.29 is 32.6 Å². The van der Waals surface area contributed by atoms with Crippen LogP contribution in [0.25, 0.3) is 11.2 Å². The van der Waals surface area contributed by atoms with Crippen LogP contribution in [0.2, 0.25) is 18.1 Å². The molecule has 0 aliphatic carbocycles. The first kappa shape index (κ1) is 43.4. The summed E-state index contributed by atoms with van der Waals surface area (Å²) in [4.78, 5) is 26.5. The molecule has 2 aromatic heterocycles. The Morgan fingerprint density at radius 1 is 0.948 bits per heavy atom. The number of hydrogen-bond donors (Lipinski definition) is 2. The maximum atomic E-state index is 17.8. The number of anilines is 2. The van der Waals surface area contributed by atoms with E-state index in [9.17, 15) is 4.79 Å². The largest absolute Gasteiger partial charge is 0.497 e. The van der Waals surface area contributed by atoms with Crippen LogP contribution in [0.5, 0.6) is 11.5 Å². The van der Waals surface area contributed by atoms with Crippen LogP contribution in [0.1, 0.15) is 57.5 Å². The molecule has 3 aromatic carbocycles. The number of carbonyl (C=O) groups is 1. The van der Waals surface area contributed by atoms with Crippen molar-refractivity contribution in [2.45, 2.75) is 82.5 Å². The second-order valence-corrected chi connectivity index (χ2v) is 21.9. The molecule has 6 rings (SSSR count). The van der Waals surface area contributed by atoms with E-state index in [0.29, 0.717) is 27.3 Å². The molecule has 310 valence electrons. The minimum Gasteiger partial charge on any atom is -0.497 e. The molecule has 1 aliphatic rings. The van der Waals surface area contributed by atoms with Gasteiger partial charge in [-0.05, 0) is 59.1 Å². The van der Waals surface area contributed by atoms with Gasteiger partial charge in [0.25, 0.3) is 0 Å². The van der Waals surface area contributed by atoms with Crippen molar-refractivity contribution in [2.24, 2.45) is 5.92 Å². The molecule has 3 heterocycles. The molecule has 0 spiro atoms. The molecule has 1 fully saturated rings. The first-order valence-electron chi connectivity index (χ1n) is 19.3. The van der Waals surface area contributed by atoms with Crippen molar-refractivity contribution in [3.05, 3.63) is 102 Å². The number of fused-ring (bicyclic) bond motifs is 1. The number of imidazole rings is 1. The summed E-state index contributed by atoms with van der Waals surface area (Å²) in [5.74, 6) is 1.26. The predicted molar refractivity (Wildman–Crippen MR) is 235 cm³/mol. The van der Waals surface area contributed by atoms with E-state index in [1.54, 1.807) is 39.7 Å². The van der Waals surface area contributed by atoms with Gasteiger partial charge >= 0.3 is 0 Å². The maximum absolute atomic E-state index is 17.8. The first-order chi connectivity index (χ1) is 27.5. The summed E-state index contributed by atoms with van der Waals surface area (Å²) in [6.07, 6.45) is -2.46. The fraction of sp³-hybridized carbons (Fsp3) is 0.442. The van der Waals surface area contributed by atoms with Crippen molar-refractivity contribution in [3.8, 4) is 11.5 Å². The third kappa shape index (κ3) is 8.20. The lowest BCUT2D eigenvalue weighted by molar-refractivity contribution is -0.144. The van der Waals surface area contributed by atoms with E-state index < -0.39 is 38.0 Å².